The van der Waals surface area contributed by atoms with Gasteiger partial charge in [-0.1, -0.05) is 19.1 Å². The molecule has 0 saturated carbocycles. The van der Waals surface area contributed by atoms with Gasteiger partial charge in [0, 0.05) is 6.42 Å². The highest BCUT2D eigenvalue weighted by molar-refractivity contribution is 5.55. The second-order valence-corrected chi connectivity index (χ2v) is 4.30. The van der Waals surface area contributed by atoms with Crippen molar-refractivity contribution in [3.63, 3.8) is 0 Å². The Morgan fingerprint density at radius 3 is 3.00 bits per heavy atom. The molecule has 2 heteroatoms. The van der Waals surface area contributed by atoms with E-state index in [0.717, 1.165) is 36.7 Å². The molecule has 1 aliphatic rings. The first kappa shape index (κ1) is 10.2. The van der Waals surface area contributed by atoms with Crippen molar-refractivity contribution in [3.05, 3.63) is 28.8 Å². The van der Waals surface area contributed by atoms with E-state index in [2.05, 4.69) is 6.07 Å². The van der Waals surface area contributed by atoms with Crippen LogP contribution in [0.1, 0.15) is 42.4 Å². The monoisotopic (exact) mass is 204 g/mol. The summed E-state index contributed by atoms with van der Waals surface area (Å²) in [4.78, 5) is 10.5. The Hall–Kier alpha value is -1.31. The van der Waals surface area contributed by atoms with Crippen molar-refractivity contribution < 1.29 is 9.90 Å². The molecular formula is C13H16O2. The minimum Gasteiger partial charge on any atom is -0.507 e. The molecule has 2 nitrogen and oxygen atoms in total. The number of fused-ring (bicyclic) bond motifs is 1. The standard InChI is InChI=1S/C13H16O2/c1-9(7-8-14)11-6-5-10-3-2-4-12(10)13(11)15/h5-6,8-9,15H,2-4,7H2,1H3. The molecule has 1 aromatic rings. The van der Waals surface area contributed by atoms with Crippen molar-refractivity contribution >= 4 is 6.29 Å². The Morgan fingerprint density at radius 2 is 2.27 bits per heavy atom. The number of carbonyl (C=O) groups excluding carboxylic acids is 1. The summed E-state index contributed by atoms with van der Waals surface area (Å²) in [6, 6.07) is 4.06. The fourth-order valence-electron chi connectivity index (χ4n) is 2.33. The van der Waals surface area contributed by atoms with E-state index in [0.29, 0.717) is 12.2 Å². The zero-order chi connectivity index (χ0) is 10.8. The van der Waals surface area contributed by atoms with Crippen LogP contribution < -0.4 is 0 Å². The zero-order valence-corrected chi connectivity index (χ0v) is 8.99. The number of phenols is 1. The molecule has 0 aromatic heterocycles. The Morgan fingerprint density at radius 1 is 1.47 bits per heavy atom. The lowest BCUT2D eigenvalue weighted by Crippen LogP contribution is -1.97. The summed E-state index contributed by atoms with van der Waals surface area (Å²) in [6.45, 7) is 1.98. The van der Waals surface area contributed by atoms with Crippen LogP contribution in [0.3, 0.4) is 0 Å². The van der Waals surface area contributed by atoms with Gasteiger partial charge in [-0.15, -0.1) is 0 Å². The maximum Gasteiger partial charge on any atom is 0.122 e. The number of carbonyl (C=O) groups is 1. The van der Waals surface area contributed by atoms with Gasteiger partial charge in [0.2, 0.25) is 0 Å². The van der Waals surface area contributed by atoms with Crippen molar-refractivity contribution in [1.29, 1.82) is 0 Å². The van der Waals surface area contributed by atoms with Crippen LogP contribution in [0.2, 0.25) is 0 Å². The van der Waals surface area contributed by atoms with E-state index in [1.54, 1.807) is 0 Å². The van der Waals surface area contributed by atoms with Crippen LogP contribution in [-0.4, -0.2) is 11.4 Å². The molecule has 0 spiro atoms. The van der Waals surface area contributed by atoms with E-state index in [9.17, 15) is 9.90 Å². The third-order valence-corrected chi connectivity index (χ3v) is 3.26. The van der Waals surface area contributed by atoms with Gasteiger partial charge in [0.15, 0.2) is 0 Å². The van der Waals surface area contributed by atoms with Gasteiger partial charge in [-0.2, -0.15) is 0 Å². The number of hydrogen-bond donors (Lipinski definition) is 1. The van der Waals surface area contributed by atoms with Crippen LogP contribution >= 0.6 is 0 Å². The summed E-state index contributed by atoms with van der Waals surface area (Å²) < 4.78 is 0. The number of aryl methyl sites for hydroxylation is 1. The van der Waals surface area contributed by atoms with Gasteiger partial charge in [0.05, 0.1) is 0 Å². The topological polar surface area (TPSA) is 37.3 Å². The molecule has 0 aliphatic heterocycles. The first-order chi connectivity index (χ1) is 7.24. The van der Waals surface area contributed by atoms with Crippen LogP contribution in [0.15, 0.2) is 12.1 Å². The molecule has 2 rings (SSSR count). The van der Waals surface area contributed by atoms with Gasteiger partial charge in [-0.3, -0.25) is 0 Å². The zero-order valence-electron chi connectivity index (χ0n) is 8.99. The largest absolute Gasteiger partial charge is 0.507 e. The van der Waals surface area contributed by atoms with Gasteiger partial charge in [-0.05, 0) is 41.9 Å². The Kier molecular flexibility index (Phi) is 2.76. The average molecular weight is 204 g/mol. The maximum absolute atomic E-state index is 10.5. The molecule has 80 valence electrons. The Bertz CT molecular complexity index is 382. The number of rotatable bonds is 3. The first-order valence-electron chi connectivity index (χ1n) is 5.51. The van der Waals surface area contributed by atoms with Gasteiger partial charge in [0.1, 0.15) is 12.0 Å². The van der Waals surface area contributed by atoms with E-state index >= 15 is 0 Å². The molecule has 0 radical (unpaired) electrons. The molecule has 0 heterocycles. The summed E-state index contributed by atoms with van der Waals surface area (Å²) in [6.07, 6.45) is 4.58. The molecule has 1 N–H and O–H groups in total. The van der Waals surface area contributed by atoms with Crippen molar-refractivity contribution in [2.45, 2.75) is 38.5 Å². The molecule has 1 aliphatic carbocycles. The van der Waals surface area contributed by atoms with Crippen LogP contribution in [0.5, 0.6) is 5.75 Å². The average Bonchev–Trinajstić information content (AvgIpc) is 2.67. The molecule has 0 amide bonds. The fraction of sp³-hybridized carbons (Fsp3) is 0.462. The molecule has 1 unspecified atom stereocenters. The molecular weight excluding hydrogens is 188 g/mol. The van der Waals surface area contributed by atoms with Crippen molar-refractivity contribution in [2.24, 2.45) is 0 Å². The van der Waals surface area contributed by atoms with Crippen LogP contribution in [0.4, 0.5) is 0 Å². The van der Waals surface area contributed by atoms with Gasteiger partial charge in [-0.25, -0.2) is 0 Å². The van der Waals surface area contributed by atoms with Crippen LogP contribution in [0.25, 0.3) is 0 Å². The molecule has 0 saturated heterocycles. The van der Waals surface area contributed by atoms with E-state index < -0.39 is 0 Å². The summed E-state index contributed by atoms with van der Waals surface area (Å²) >= 11 is 0. The lowest BCUT2D eigenvalue weighted by molar-refractivity contribution is -0.108. The quantitative estimate of drug-likeness (QED) is 0.768. The minimum absolute atomic E-state index is 0.119. The lowest BCUT2D eigenvalue weighted by Gasteiger charge is -2.13. The Balaban J connectivity index is 2.37. The number of phenolic OH excluding ortho intramolecular Hbond substituents is 1. The van der Waals surface area contributed by atoms with Gasteiger partial charge < -0.3 is 9.90 Å². The van der Waals surface area contributed by atoms with Crippen molar-refractivity contribution in [3.8, 4) is 5.75 Å². The maximum atomic E-state index is 10.5. The van der Waals surface area contributed by atoms with Crippen molar-refractivity contribution in [1.82, 2.24) is 0 Å². The Labute approximate surface area is 89.9 Å². The number of aldehydes is 1. The molecule has 1 atom stereocenters. The smallest absolute Gasteiger partial charge is 0.122 e. The normalized spacial score (nSPS) is 16.1. The number of aromatic hydroxyl groups is 1. The van der Waals surface area contributed by atoms with Crippen molar-refractivity contribution in [2.75, 3.05) is 0 Å². The first-order valence-corrected chi connectivity index (χ1v) is 5.51. The third-order valence-electron chi connectivity index (χ3n) is 3.26. The van der Waals surface area contributed by atoms with E-state index in [1.807, 2.05) is 13.0 Å². The highest BCUT2D eigenvalue weighted by Crippen LogP contribution is 2.36. The summed E-state index contributed by atoms with van der Waals surface area (Å²) in [5, 5.41) is 10.1. The van der Waals surface area contributed by atoms with Gasteiger partial charge >= 0.3 is 0 Å². The minimum atomic E-state index is 0.119. The highest BCUT2D eigenvalue weighted by atomic mass is 16.3. The second kappa shape index (κ2) is 4.05. The molecule has 15 heavy (non-hydrogen) atoms. The molecule has 0 bridgehead atoms. The second-order valence-electron chi connectivity index (χ2n) is 4.30. The lowest BCUT2D eigenvalue weighted by atomic mass is 9.94. The predicted molar refractivity (Wildman–Crippen MR) is 59.2 cm³/mol. The summed E-state index contributed by atoms with van der Waals surface area (Å²) in [7, 11) is 0. The summed E-state index contributed by atoms with van der Waals surface area (Å²) in [5.41, 5.74) is 3.29. The van der Waals surface area contributed by atoms with Gasteiger partial charge in [0.25, 0.3) is 0 Å². The number of hydrogen-bond acceptors (Lipinski definition) is 2. The third kappa shape index (κ3) is 1.76. The summed E-state index contributed by atoms with van der Waals surface area (Å²) in [5.74, 6) is 0.549. The van der Waals surface area contributed by atoms with E-state index in [-0.39, 0.29) is 5.92 Å². The number of benzene rings is 1. The predicted octanol–water partition coefficient (Wildman–Crippen LogP) is 2.57. The SMILES string of the molecule is CC(CC=O)c1ccc2c(c1O)CCC2. The highest BCUT2D eigenvalue weighted by Gasteiger charge is 2.19. The fourth-order valence-corrected chi connectivity index (χ4v) is 2.33. The van der Waals surface area contributed by atoms with Crippen LogP contribution in [-0.2, 0) is 17.6 Å². The molecule has 0 fully saturated rings. The van der Waals surface area contributed by atoms with E-state index in [1.165, 1.54) is 5.56 Å². The van der Waals surface area contributed by atoms with E-state index in [4.69, 9.17) is 0 Å². The van der Waals surface area contributed by atoms with Crippen LogP contribution in [0, 0.1) is 0 Å². The molecule has 1 aromatic carbocycles.